The molecule has 5 aromatic rings. The molecule has 1 atom stereocenters. The fraction of sp³-hybridized carbons (Fsp3) is 0.386. The molecule has 1 unspecified atom stereocenters. The van der Waals surface area contributed by atoms with Gasteiger partial charge in [-0.15, -0.1) is 0 Å². The summed E-state index contributed by atoms with van der Waals surface area (Å²) in [6.07, 6.45) is 12.8. The summed E-state index contributed by atoms with van der Waals surface area (Å²) >= 11 is 0. The van der Waals surface area contributed by atoms with Crippen molar-refractivity contribution in [1.29, 1.82) is 0 Å². The number of anilines is 3. The van der Waals surface area contributed by atoms with Crippen molar-refractivity contribution in [2.75, 3.05) is 56.4 Å². The van der Waals surface area contributed by atoms with E-state index in [4.69, 9.17) is 4.98 Å². The van der Waals surface area contributed by atoms with Crippen LogP contribution in [0.4, 0.5) is 21.6 Å². The molecule has 3 fully saturated rings. The van der Waals surface area contributed by atoms with E-state index in [-0.39, 0.29) is 53.6 Å². The number of nitrogens with one attached hydrogen (secondary N) is 5. The Balaban J connectivity index is 0.682. The third-order valence-corrected chi connectivity index (χ3v) is 12.0. The summed E-state index contributed by atoms with van der Waals surface area (Å²) < 4.78 is 17.5. The van der Waals surface area contributed by atoms with E-state index in [2.05, 4.69) is 36.4 Å². The number of halogens is 1. The summed E-state index contributed by atoms with van der Waals surface area (Å²) in [7, 11) is 0. The van der Waals surface area contributed by atoms with Crippen LogP contribution in [0, 0.1) is 5.82 Å². The Bertz CT molecular complexity index is 2600. The number of piperidine rings is 1. The number of hydrogen-bond donors (Lipinski definition) is 5. The lowest BCUT2D eigenvalue weighted by Gasteiger charge is -2.34. The van der Waals surface area contributed by atoms with Crippen LogP contribution < -0.4 is 21.3 Å². The van der Waals surface area contributed by atoms with Crippen LogP contribution in [0.2, 0.25) is 0 Å². The van der Waals surface area contributed by atoms with Crippen LogP contribution in [0.5, 0.6) is 0 Å². The number of fused-ring (bicyclic) bond motifs is 2. The van der Waals surface area contributed by atoms with Gasteiger partial charge >= 0.3 is 0 Å². The minimum Gasteiger partial charge on any atom is -0.384 e. The van der Waals surface area contributed by atoms with Crippen molar-refractivity contribution in [3.8, 4) is 11.3 Å². The Hall–Kier alpha value is -7.02. The number of benzene rings is 2. The van der Waals surface area contributed by atoms with Crippen LogP contribution in [0.1, 0.15) is 94.1 Å². The Morgan fingerprint density at radius 2 is 1.70 bits per heavy atom. The molecule has 3 aromatic heterocycles. The number of hydrogen-bond acceptors (Lipinski definition) is 12. The topological polar surface area (TPSA) is 219 Å². The summed E-state index contributed by atoms with van der Waals surface area (Å²) in [4.78, 5) is 90.5. The highest BCUT2D eigenvalue weighted by Gasteiger charge is 2.45. The number of unbranched alkanes of at least 4 members (excludes halogenated alkanes) is 3. The monoisotopic (exact) mass is 858 g/mol. The Kier molecular flexibility index (Phi) is 11.7. The van der Waals surface area contributed by atoms with Crippen molar-refractivity contribution in [2.45, 2.75) is 63.3 Å². The molecule has 63 heavy (non-hydrogen) atoms. The van der Waals surface area contributed by atoms with E-state index in [9.17, 15) is 28.8 Å². The van der Waals surface area contributed by atoms with E-state index < -0.39 is 35.5 Å². The zero-order valence-corrected chi connectivity index (χ0v) is 34.5. The Labute approximate surface area is 361 Å². The van der Waals surface area contributed by atoms with Crippen molar-refractivity contribution < 1.29 is 33.2 Å². The number of rotatable bonds is 16. The average molecular weight is 859 g/mol. The normalized spacial score (nSPS) is 17.9. The summed E-state index contributed by atoms with van der Waals surface area (Å²) in [5, 5.41) is 18.5. The molecule has 6 heterocycles. The summed E-state index contributed by atoms with van der Waals surface area (Å²) in [5.74, 6) is -2.34. The lowest BCUT2D eigenvalue weighted by molar-refractivity contribution is -0.136. The predicted octanol–water partition coefficient (Wildman–Crippen LogP) is 3.83. The van der Waals surface area contributed by atoms with Crippen molar-refractivity contribution in [1.82, 2.24) is 49.9 Å². The van der Waals surface area contributed by atoms with Crippen LogP contribution in [0.3, 0.4) is 0 Å². The molecule has 19 heteroatoms. The average Bonchev–Trinajstić information content (AvgIpc) is 3.70. The van der Waals surface area contributed by atoms with E-state index in [1.165, 1.54) is 6.07 Å². The molecule has 9 rings (SSSR count). The van der Waals surface area contributed by atoms with Crippen LogP contribution in [-0.2, 0) is 14.4 Å². The zero-order valence-electron chi connectivity index (χ0n) is 34.5. The largest absolute Gasteiger partial charge is 0.384 e. The smallest absolute Gasteiger partial charge is 0.264 e. The number of imidazole rings is 1. The van der Waals surface area contributed by atoms with Crippen molar-refractivity contribution in [3.05, 3.63) is 89.4 Å². The Morgan fingerprint density at radius 3 is 2.44 bits per heavy atom. The highest BCUT2D eigenvalue weighted by Crippen LogP contribution is 2.41. The maximum atomic E-state index is 15.6. The van der Waals surface area contributed by atoms with Gasteiger partial charge in [-0.05, 0) is 62.4 Å². The number of aromatic amines is 1. The van der Waals surface area contributed by atoms with Crippen LogP contribution >= 0.6 is 0 Å². The van der Waals surface area contributed by atoms with E-state index in [1.807, 2.05) is 15.5 Å². The van der Waals surface area contributed by atoms with E-state index >= 15 is 4.39 Å². The highest BCUT2D eigenvalue weighted by molar-refractivity contribution is 6.25. The molecule has 4 aliphatic rings. The van der Waals surface area contributed by atoms with E-state index in [1.54, 1.807) is 53.8 Å². The number of piperazine rings is 1. The molecule has 0 radical (unpaired) electrons. The van der Waals surface area contributed by atoms with Crippen molar-refractivity contribution >= 4 is 58.3 Å². The quantitative estimate of drug-likeness (QED) is 0.0707. The Morgan fingerprint density at radius 1 is 0.889 bits per heavy atom. The molecule has 1 aliphatic carbocycles. The minimum absolute atomic E-state index is 0.0592. The number of imide groups is 2. The first-order chi connectivity index (χ1) is 30.6. The number of aromatic nitrogens is 5. The van der Waals surface area contributed by atoms with Crippen LogP contribution in [0.25, 0.3) is 16.9 Å². The van der Waals surface area contributed by atoms with Gasteiger partial charge in [-0.3, -0.25) is 53.4 Å². The van der Waals surface area contributed by atoms with Crippen molar-refractivity contribution in [2.24, 2.45) is 0 Å². The summed E-state index contributed by atoms with van der Waals surface area (Å²) in [6, 6.07) is 8.37. The predicted molar refractivity (Wildman–Crippen MR) is 228 cm³/mol. The lowest BCUT2D eigenvalue weighted by Crippen LogP contribution is -2.54. The molecule has 6 amide bonds. The van der Waals surface area contributed by atoms with Crippen LogP contribution in [-0.4, -0.2) is 127 Å². The molecule has 2 aromatic carbocycles. The second-order valence-electron chi connectivity index (χ2n) is 16.4. The van der Waals surface area contributed by atoms with Gasteiger partial charge in [0.1, 0.15) is 11.9 Å². The molecule has 0 bridgehead atoms. The molecule has 1 saturated carbocycles. The van der Waals surface area contributed by atoms with E-state index in [0.29, 0.717) is 62.3 Å². The molecule has 2 saturated heterocycles. The standard InChI is InChI=1S/C44H47FN12O6/c45-30-20-27(10-11-31(30)51-39-40-48-23-35(28-21-49-50-22-28)56(40)24-33(52-39)26-8-9-26)42(61)55-18-16-54(17-19-55)25-37(59)47-15-4-2-1-3-14-46-32-7-5-6-29-38(32)44(63)57(43(29)62)34-12-13-36(58)53-41(34)60/h5-7,10-11,20-24,26,34,46H,1-4,8-9,12-19,25H2,(H,47,59)(H,49,50)(H,51,52)(H,53,58,60). The second kappa shape index (κ2) is 17.8. The first-order valence-corrected chi connectivity index (χ1v) is 21.4. The van der Waals surface area contributed by atoms with Gasteiger partial charge in [-0.1, -0.05) is 18.9 Å². The molecule has 18 nitrogen and oxygen atoms in total. The maximum absolute atomic E-state index is 15.6. The molecule has 326 valence electrons. The van der Waals surface area contributed by atoms with Gasteiger partial charge in [0.25, 0.3) is 17.7 Å². The van der Waals surface area contributed by atoms with Crippen LogP contribution in [0.15, 0.2) is 61.2 Å². The molecule has 3 aliphatic heterocycles. The van der Waals surface area contributed by atoms with Crippen molar-refractivity contribution in [3.63, 3.8) is 0 Å². The summed E-state index contributed by atoms with van der Waals surface area (Å²) in [6.45, 7) is 3.15. The van der Waals surface area contributed by atoms with Gasteiger partial charge in [0, 0.05) is 80.8 Å². The number of nitrogens with zero attached hydrogens (tertiary/aromatic N) is 7. The third-order valence-electron chi connectivity index (χ3n) is 12.0. The zero-order chi connectivity index (χ0) is 43.6. The van der Waals surface area contributed by atoms with Gasteiger partial charge < -0.3 is 20.9 Å². The maximum Gasteiger partial charge on any atom is 0.264 e. The fourth-order valence-corrected chi connectivity index (χ4v) is 8.42. The number of carbonyl (C=O) groups excluding carboxylic acids is 6. The molecule has 0 spiro atoms. The SMILES string of the molecule is O=C(CN1CCN(C(=O)c2ccc(Nc3nc(C4CC4)cn4c(-c5cn[nH]c5)cnc34)c(F)c2)CC1)NCCCCCCNc1cccc2c1C(=O)N(C1CCC(=O)NC1=O)C2=O. The first-order valence-electron chi connectivity index (χ1n) is 21.4. The van der Waals surface area contributed by atoms with Gasteiger partial charge in [0.15, 0.2) is 11.5 Å². The first kappa shape index (κ1) is 41.3. The number of H-pyrrole nitrogens is 1. The van der Waals surface area contributed by atoms with Gasteiger partial charge in [0.05, 0.1) is 47.1 Å². The molecular formula is C44H47FN12O6. The molecule has 5 N–H and O–H groups in total. The summed E-state index contributed by atoms with van der Waals surface area (Å²) in [5.41, 5.74) is 4.55. The fourth-order valence-electron chi connectivity index (χ4n) is 8.42. The second-order valence-corrected chi connectivity index (χ2v) is 16.4. The lowest BCUT2D eigenvalue weighted by atomic mass is 10.0. The van der Waals surface area contributed by atoms with Gasteiger partial charge in [-0.25, -0.2) is 14.4 Å². The highest BCUT2D eigenvalue weighted by atomic mass is 19.1. The number of carbonyl (C=O) groups is 6. The van der Waals surface area contributed by atoms with Gasteiger partial charge in [-0.2, -0.15) is 5.10 Å². The molecular weight excluding hydrogens is 812 g/mol. The third kappa shape index (κ3) is 8.73. The van der Waals surface area contributed by atoms with Gasteiger partial charge in [0.2, 0.25) is 17.7 Å². The minimum atomic E-state index is -1.02. The number of amides is 6. The van der Waals surface area contributed by atoms with E-state index in [0.717, 1.165) is 60.4 Å².